The molecule has 3 heterocycles. The van der Waals surface area contributed by atoms with E-state index in [2.05, 4.69) is 15.3 Å². The normalized spacial score (nSPS) is 11.0. The van der Waals surface area contributed by atoms with Crippen molar-refractivity contribution < 1.29 is 9.21 Å². The van der Waals surface area contributed by atoms with E-state index in [9.17, 15) is 4.79 Å². The summed E-state index contributed by atoms with van der Waals surface area (Å²) in [6.07, 6.45) is 2.64. The molecular weight excluding hydrogens is 354 g/mol. The number of amides is 1. The quantitative estimate of drug-likeness (QED) is 0.551. The van der Waals surface area contributed by atoms with Crippen LogP contribution in [0, 0.1) is 0 Å². The molecule has 7 heteroatoms. The lowest BCUT2D eigenvalue weighted by Gasteiger charge is -2.01. The molecule has 0 aliphatic heterocycles. The van der Waals surface area contributed by atoms with Crippen molar-refractivity contribution in [2.45, 2.75) is 19.4 Å². The fourth-order valence-corrected chi connectivity index (χ4v) is 4.05. The molecule has 1 aromatic carbocycles. The van der Waals surface area contributed by atoms with E-state index >= 15 is 0 Å². The molecule has 5 nitrogen and oxygen atoms in total. The molecule has 4 rings (SSSR count). The average Bonchev–Trinajstić information content (AvgIpc) is 3.37. The Kier molecular flexibility index (Phi) is 4.58. The monoisotopic (exact) mass is 369 g/mol. The van der Waals surface area contributed by atoms with Gasteiger partial charge in [-0.1, -0.05) is 18.2 Å². The van der Waals surface area contributed by atoms with Crippen LogP contribution in [0.5, 0.6) is 0 Å². The summed E-state index contributed by atoms with van der Waals surface area (Å²) >= 11 is 3.21. The number of rotatable bonds is 6. The molecule has 4 aromatic rings. The highest BCUT2D eigenvalue weighted by Gasteiger charge is 2.10. The standard InChI is InChI=1S/C18H15N3O2S2/c22-16(7-8-17-21-13-4-1-2-5-14(13)25-17)19-10-12-11-23-18(20-12)15-6-3-9-24-15/h1-6,9,11H,7-8,10H2,(H,19,22). The number of hydrogen-bond donors (Lipinski definition) is 1. The Bertz CT molecular complexity index is 956. The summed E-state index contributed by atoms with van der Waals surface area (Å²) in [6, 6.07) is 11.9. The van der Waals surface area contributed by atoms with Gasteiger partial charge in [-0.05, 0) is 23.6 Å². The van der Waals surface area contributed by atoms with Gasteiger partial charge in [-0.25, -0.2) is 9.97 Å². The first kappa shape index (κ1) is 16.0. The second kappa shape index (κ2) is 7.16. The van der Waals surface area contributed by atoms with Crippen LogP contribution in [0.25, 0.3) is 21.0 Å². The Morgan fingerprint density at radius 2 is 2.08 bits per heavy atom. The van der Waals surface area contributed by atoms with Crippen LogP contribution in [0.15, 0.2) is 52.5 Å². The molecule has 0 saturated carbocycles. The molecule has 126 valence electrons. The number of oxazole rings is 1. The van der Waals surface area contributed by atoms with Gasteiger partial charge in [0.05, 0.1) is 32.3 Å². The van der Waals surface area contributed by atoms with E-state index in [4.69, 9.17) is 4.42 Å². The number of thiazole rings is 1. The predicted molar refractivity (Wildman–Crippen MR) is 99.6 cm³/mol. The zero-order chi connectivity index (χ0) is 17.1. The number of hydrogen-bond acceptors (Lipinski definition) is 6. The van der Waals surface area contributed by atoms with Crippen molar-refractivity contribution in [2.24, 2.45) is 0 Å². The second-order valence-corrected chi connectivity index (χ2v) is 7.54. The van der Waals surface area contributed by atoms with Crippen molar-refractivity contribution in [3.63, 3.8) is 0 Å². The number of fused-ring (bicyclic) bond motifs is 1. The van der Waals surface area contributed by atoms with E-state index in [1.54, 1.807) is 28.9 Å². The SMILES string of the molecule is O=C(CCc1nc2ccccc2s1)NCc1coc(-c2cccs2)n1. The third-order valence-corrected chi connectivity index (χ3v) is 5.61. The predicted octanol–water partition coefficient (Wildman–Crippen LogP) is 4.26. The van der Waals surface area contributed by atoms with Gasteiger partial charge < -0.3 is 9.73 Å². The fraction of sp³-hybridized carbons (Fsp3) is 0.167. The molecular formula is C18H15N3O2S2. The van der Waals surface area contributed by atoms with Crippen molar-refractivity contribution in [3.8, 4) is 10.8 Å². The van der Waals surface area contributed by atoms with E-state index < -0.39 is 0 Å². The molecule has 25 heavy (non-hydrogen) atoms. The molecule has 1 amide bonds. The summed E-state index contributed by atoms with van der Waals surface area (Å²) in [7, 11) is 0. The molecule has 0 aliphatic carbocycles. The topological polar surface area (TPSA) is 68.0 Å². The Balaban J connectivity index is 1.29. The van der Waals surface area contributed by atoms with Crippen molar-refractivity contribution >= 4 is 38.8 Å². The minimum Gasteiger partial charge on any atom is -0.443 e. The van der Waals surface area contributed by atoms with Crippen molar-refractivity contribution in [2.75, 3.05) is 0 Å². The third-order valence-electron chi connectivity index (χ3n) is 3.65. The Morgan fingerprint density at radius 3 is 2.92 bits per heavy atom. The highest BCUT2D eigenvalue weighted by Crippen LogP contribution is 2.24. The number of thiophene rings is 1. The van der Waals surface area contributed by atoms with Gasteiger partial charge in [-0.15, -0.1) is 22.7 Å². The number of para-hydroxylation sites is 1. The maximum absolute atomic E-state index is 12.0. The van der Waals surface area contributed by atoms with Crippen LogP contribution < -0.4 is 5.32 Å². The van der Waals surface area contributed by atoms with Gasteiger partial charge in [0, 0.05) is 12.8 Å². The van der Waals surface area contributed by atoms with E-state index in [0.717, 1.165) is 25.8 Å². The van der Waals surface area contributed by atoms with Crippen molar-refractivity contribution in [1.82, 2.24) is 15.3 Å². The summed E-state index contributed by atoms with van der Waals surface area (Å²) < 4.78 is 6.60. The Morgan fingerprint density at radius 1 is 1.16 bits per heavy atom. The van der Waals surface area contributed by atoms with Crippen LogP contribution in [0.4, 0.5) is 0 Å². The lowest BCUT2D eigenvalue weighted by molar-refractivity contribution is -0.121. The molecule has 0 radical (unpaired) electrons. The van der Waals surface area contributed by atoms with E-state index in [1.165, 1.54) is 0 Å². The Labute approximate surface area is 152 Å². The number of benzene rings is 1. The van der Waals surface area contributed by atoms with Crippen LogP contribution in [0.3, 0.4) is 0 Å². The number of carbonyl (C=O) groups excluding carboxylic acids is 1. The maximum atomic E-state index is 12.0. The minimum absolute atomic E-state index is 0.0140. The van der Waals surface area contributed by atoms with Gasteiger partial charge in [0.25, 0.3) is 0 Å². The second-order valence-electron chi connectivity index (χ2n) is 5.47. The lowest BCUT2D eigenvalue weighted by atomic mass is 10.3. The smallest absolute Gasteiger partial charge is 0.236 e. The van der Waals surface area contributed by atoms with E-state index in [0.29, 0.717) is 25.3 Å². The third kappa shape index (κ3) is 3.78. The van der Waals surface area contributed by atoms with Crippen molar-refractivity contribution in [1.29, 1.82) is 0 Å². The average molecular weight is 369 g/mol. The van der Waals surface area contributed by atoms with Gasteiger partial charge in [-0.2, -0.15) is 0 Å². The van der Waals surface area contributed by atoms with Gasteiger partial charge in [0.1, 0.15) is 6.26 Å². The zero-order valence-electron chi connectivity index (χ0n) is 13.3. The van der Waals surface area contributed by atoms with Crippen LogP contribution in [0.2, 0.25) is 0 Å². The number of nitrogens with zero attached hydrogens (tertiary/aromatic N) is 2. The highest BCUT2D eigenvalue weighted by molar-refractivity contribution is 7.18. The molecule has 0 unspecified atom stereocenters. The first-order valence-electron chi connectivity index (χ1n) is 7.87. The summed E-state index contributed by atoms with van der Waals surface area (Å²) in [5.41, 5.74) is 1.71. The Hall–Kier alpha value is -2.51. The summed E-state index contributed by atoms with van der Waals surface area (Å²) in [6.45, 7) is 0.369. The number of carbonyl (C=O) groups is 1. The van der Waals surface area contributed by atoms with E-state index in [1.807, 2.05) is 41.8 Å². The number of nitrogens with one attached hydrogen (secondary N) is 1. The van der Waals surface area contributed by atoms with Gasteiger partial charge in [0.15, 0.2) is 0 Å². The molecule has 3 aromatic heterocycles. The van der Waals surface area contributed by atoms with Gasteiger partial charge in [-0.3, -0.25) is 4.79 Å². The van der Waals surface area contributed by atoms with Crippen molar-refractivity contribution in [3.05, 3.63) is 58.7 Å². The van der Waals surface area contributed by atoms with Crippen LogP contribution in [0.1, 0.15) is 17.1 Å². The molecule has 0 aliphatic rings. The molecule has 0 atom stereocenters. The van der Waals surface area contributed by atoms with Crippen LogP contribution in [-0.2, 0) is 17.8 Å². The lowest BCUT2D eigenvalue weighted by Crippen LogP contribution is -2.23. The number of aromatic nitrogens is 2. The van der Waals surface area contributed by atoms with Crippen LogP contribution >= 0.6 is 22.7 Å². The molecule has 0 bridgehead atoms. The molecule has 0 fully saturated rings. The summed E-state index contributed by atoms with van der Waals surface area (Å²) in [5.74, 6) is 0.577. The zero-order valence-corrected chi connectivity index (χ0v) is 14.9. The van der Waals surface area contributed by atoms with Gasteiger partial charge >= 0.3 is 0 Å². The maximum Gasteiger partial charge on any atom is 0.236 e. The largest absolute Gasteiger partial charge is 0.443 e. The van der Waals surface area contributed by atoms with E-state index in [-0.39, 0.29) is 5.91 Å². The first-order valence-corrected chi connectivity index (χ1v) is 9.57. The fourth-order valence-electron chi connectivity index (χ4n) is 2.43. The minimum atomic E-state index is -0.0140. The van der Waals surface area contributed by atoms with Crippen LogP contribution in [-0.4, -0.2) is 15.9 Å². The molecule has 0 spiro atoms. The number of aryl methyl sites for hydroxylation is 1. The molecule has 1 N–H and O–H groups in total. The van der Waals surface area contributed by atoms with Gasteiger partial charge in [0.2, 0.25) is 11.8 Å². The summed E-state index contributed by atoms with van der Waals surface area (Å²) in [4.78, 5) is 22.0. The molecule has 0 saturated heterocycles. The highest BCUT2D eigenvalue weighted by atomic mass is 32.1. The first-order chi connectivity index (χ1) is 12.3. The summed E-state index contributed by atoms with van der Waals surface area (Å²) in [5, 5.41) is 5.84.